The number of carbonyl (C=O) groups is 1. The highest BCUT2D eigenvalue weighted by Crippen LogP contribution is 2.14. The minimum absolute atomic E-state index is 0.0574. The Bertz CT molecular complexity index is 341. The lowest BCUT2D eigenvalue weighted by molar-refractivity contribution is -0.119. The van der Waals surface area contributed by atoms with Crippen LogP contribution in [0, 0.1) is 5.92 Å². The summed E-state index contributed by atoms with van der Waals surface area (Å²) in [7, 11) is 0. The van der Waals surface area contributed by atoms with Gasteiger partial charge in [0.25, 0.3) is 0 Å². The van der Waals surface area contributed by atoms with Gasteiger partial charge in [-0.1, -0.05) is 20.3 Å². The highest BCUT2D eigenvalue weighted by Gasteiger charge is 2.11. The third-order valence-corrected chi connectivity index (χ3v) is 2.60. The Morgan fingerprint density at radius 1 is 1.67 bits per heavy atom. The van der Waals surface area contributed by atoms with Crippen LogP contribution >= 0.6 is 15.9 Å². The summed E-state index contributed by atoms with van der Waals surface area (Å²) in [5.41, 5.74) is 0.782. The quantitative estimate of drug-likeness (QED) is 0.854. The van der Waals surface area contributed by atoms with Crippen LogP contribution in [-0.4, -0.2) is 10.9 Å². The molecule has 1 heterocycles. The normalized spacial score (nSPS) is 12.2. The molecule has 1 rings (SSSR count). The second-order valence-electron chi connectivity index (χ2n) is 3.55. The van der Waals surface area contributed by atoms with Crippen molar-refractivity contribution in [1.29, 1.82) is 0 Å². The number of pyridine rings is 1. The van der Waals surface area contributed by atoms with Crippen LogP contribution in [0.1, 0.15) is 26.7 Å². The molecule has 82 valence electrons. The molecular weight excluding hydrogens is 256 g/mol. The molecule has 4 heteroatoms. The molecule has 0 spiro atoms. The van der Waals surface area contributed by atoms with Gasteiger partial charge in [-0.2, -0.15) is 0 Å². The van der Waals surface area contributed by atoms with Crippen LogP contribution < -0.4 is 5.32 Å². The molecule has 1 aromatic heterocycles. The van der Waals surface area contributed by atoms with Gasteiger partial charge in [-0.15, -0.1) is 0 Å². The standard InChI is InChI=1S/C11H15BrN2O/c1-3-4-8(2)11(15)14-9-5-6-13-10(12)7-9/h5-8H,3-4H2,1-2H3,(H,13,14,15). The van der Waals surface area contributed by atoms with Crippen molar-refractivity contribution in [3.63, 3.8) is 0 Å². The number of nitrogens with zero attached hydrogens (tertiary/aromatic N) is 1. The molecule has 0 bridgehead atoms. The van der Waals surface area contributed by atoms with Crippen LogP contribution in [0.15, 0.2) is 22.9 Å². The molecule has 0 aliphatic heterocycles. The van der Waals surface area contributed by atoms with E-state index in [0.717, 1.165) is 23.1 Å². The molecule has 1 N–H and O–H groups in total. The molecule has 0 aliphatic rings. The first kappa shape index (κ1) is 12.2. The Morgan fingerprint density at radius 2 is 2.40 bits per heavy atom. The predicted octanol–water partition coefficient (Wildman–Crippen LogP) is 3.22. The molecule has 0 fully saturated rings. The van der Waals surface area contributed by atoms with Crippen molar-refractivity contribution in [1.82, 2.24) is 4.98 Å². The Morgan fingerprint density at radius 3 is 3.00 bits per heavy atom. The maximum Gasteiger partial charge on any atom is 0.227 e. The Kier molecular flexibility index (Phi) is 4.75. The smallest absolute Gasteiger partial charge is 0.227 e. The first-order valence-electron chi connectivity index (χ1n) is 5.06. The van der Waals surface area contributed by atoms with E-state index in [9.17, 15) is 4.79 Å². The molecule has 1 amide bonds. The number of aromatic nitrogens is 1. The Labute approximate surface area is 98.4 Å². The number of halogens is 1. The van der Waals surface area contributed by atoms with Gasteiger partial charge < -0.3 is 5.32 Å². The first-order valence-corrected chi connectivity index (χ1v) is 5.85. The number of nitrogens with one attached hydrogen (secondary N) is 1. The molecule has 1 atom stereocenters. The Hall–Kier alpha value is -0.900. The summed E-state index contributed by atoms with van der Waals surface area (Å²) in [6.07, 6.45) is 3.59. The SMILES string of the molecule is CCCC(C)C(=O)Nc1ccnc(Br)c1. The second-order valence-corrected chi connectivity index (χ2v) is 4.36. The van der Waals surface area contributed by atoms with Crippen LogP contribution in [-0.2, 0) is 4.79 Å². The van der Waals surface area contributed by atoms with Crippen LogP contribution in [0.2, 0.25) is 0 Å². The van der Waals surface area contributed by atoms with E-state index in [1.54, 1.807) is 18.3 Å². The van der Waals surface area contributed by atoms with Gasteiger partial charge in [0.15, 0.2) is 0 Å². The fourth-order valence-corrected chi connectivity index (χ4v) is 1.67. The van der Waals surface area contributed by atoms with Crippen molar-refractivity contribution < 1.29 is 4.79 Å². The zero-order valence-corrected chi connectivity index (χ0v) is 10.5. The van der Waals surface area contributed by atoms with Crippen LogP contribution in [0.25, 0.3) is 0 Å². The van der Waals surface area contributed by atoms with Gasteiger partial charge in [-0.3, -0.25) is 4.79 Å². The molecular formula is C11H15BrN2O. The monoisotopic (exact) mass is 270 g/mol. The van der Waals surface area contributed by atoms with Crippen LogP contribution in [0.3, 0.4) is 0 Å². The van der Waals surface area contributed by atoms with Gasteiger partial charge in [0.05, 0.1) is 0 Å². The van der Waals surface area contributed by atoms with Gasteiger partial charge in [0.2, 0.25) is 5.91 Å². The van der Waals surface area contributed by atoms with E-state index in [-0.39, 0.29) is 11.8 Å². The van der Waals surface area contributed by atoms with Gasteiger partial charge in [-0.05, 0) is 34.5 Å². The van der Waals surface area contributed by atoms with E-state index in [1.165, 1.54) is 0 Å². The summed E-state index contributed by atoms with van der Waals surface area (Å²) in [6, 6.07) is 3.57. The molecule has 15 heavy (non-hydrogen) atoms. The first-order chi connectivity index (χ1) is 7.13. The molecule has 1 aromatic rings. The minimum atomic E-state index is 0.0574. The average molecular weight is 271 g/mol. The van der Waals surface area contributed by atoms with E-state index < -0.39 is 0 Å². The van der Waals surface area contributed by atoms with E-state index in [2.05, 4.69) is 33.2 Å². The molecule has 0 aromatic carbocycles. The summed E-state index contributed by atoms with van der Waals surface area (Å²) >= 11 is 3.26. The molecule has 3 nitrogen and oxygen atoms in total. The highest BCUT2D eigenvalue weighted by molar-refractivity contribution is 9.10. The van der Waals surface area contributed by atoms with Gasteiger partial charge in [-0.25, -0.2) is 4.98 Å². The highest BCUT2D eigenvalue weighted by atomic mass is 79.9. The lowest BCUT2D eigenvalue weighted by atomic mass is 10.1. The topological polar surface area (TPSA) is 42.0 Å². The van der Waals surface area contributed by atoms with Crippen molar-refractivity contribution in [2.75, 3.05) is 5.32 Å². The zero-order chi connectivity index (χ0) is 11.3. The number of hydrogen-bond donors (Lipinski definition) is 1. The van der Waals surface area contributed by atoms with Crippen molar-refractivity contribution in [2.24, 2.45) is 5.92 Å². The number of hydrogen-bond acceptors (Lipinski definition) is 2. The second kappa shape index (κ2) is 5.85. The van der Waals surface area contributed by atoms with E-state index in [1.807, 2.05) is 6.92 Å². The predicted molar refractivity (Wildman–Crippen MR) is 64.6 cm³/mol. The fraction of sp³-hybridized carbons (Fsp3) is 0.455. The summed E-state index contributed by atoms with van der Waals surface area (Å²) < 4.78 is 0.725. The fourth-order valence-electron chi connectivity index (χ4n) is 1.31. The van der Waals surface area contributed by atoms with E-state index in [0.29, 0.717) is 0 Å². The van der Waals surface area contributed by atoms with Crippen LogP contribution in [0.4, 0.5) is 5.69 Å². The average Bonchev–Trinajstić information content (AvgIpc) is 2.18. The summed E-state index contributed by atoms with van der Waals surface area (Å²) in [5.74, 6) is 0.122. The van der Waals surface area contributed by atoms with Gasteiger partial charge in [0, 0.05) is 17.8 Å². The van der Waals surface area contributed by atoms with Crippen molar-refractivity contribution >= 4 is 27.5 Å². The number of anilines is 1. The van der Waals surface area contributed by atoms with Gasteiger partial charge >= 0.3 is 0 Å². The lowest BCUT2D eigenvalue weighted by Gasteiger charge is -2.10. The van der Waals surface area contributed by atoms with Gasteiger partial charge in [0.1, 0.15) is 4.60 Å². The lowest BCUT2D eigenvalue weighted by Crippen LogP contribution is -2.20. The third-order valence-electron chi connectivity index (χ3n) is 2.16. The maximum absolute atomic E-state index is 11.7. The third kappa shape index (κ3) is 4.00. The van der Waals surface area contributed by atoms with E-state index >= 15 is 0 Å². The van der Waals surface area contributed by atoms with Crippen LogP contribution in [0.5, 0.6) is 0 Å². The molecule has 0 saturated carbocycles. The molecule has 0 saturated heterocycles. The molecule has 1 unspecified atom stereocenters. The zero-order valence-electron chi connectivity index (χ0n) is 8.96. The van der Waals surface area contributed by atoms with Crippen molar-refractivity contribution in [3.8, 4) is 0 Å². The summed E-state index contributed by atoms with van der Waals surface area (Å²) in [5, 5.41) is 2.86. The van der Waals surface area contributed by atoms with Crippen molar-refractivity contribution in [2.45, 2.75) is 26.7 Å². The molecule has 0 radical (unpaired) electrons. The summed E-state index contributed by atoms with van der Waals surface area (Å²) in [6.45, 7) is 4.02. The Balaban J connectivity index is 2.58. The summed E-state index contributed by atoms with van der Waals surface area (Å²) in [4.78, 5) is 15.7. The number of amides is 1. The minimum Gasteiger partial charge on any atom is -0.326 e. The molecule has 0 aliphatic carbocycles. The number of rotatable bonds is 4. The van der Waals surface area contributed by atoms with Crippen molar-refractivity contribution in [3.05, 3.63) is 22.9 Å². The maximum atomic E-state index is 11.7. The largest absolute Gasteiger partial charge is 0.326 e. The van der Waals surface area contributed by atoms with E-state index in [4.69, 9.17) is 0 Å². The number of carbonyl (C=O) groups excluding carboxylic acids is 1.